The lowest BCUT2D eigenvalue weighted by Crippen LogP contribution is -2.35. The Kier molecular flexibility index (Phi) is 3.26. The molecule has 0 N–H and O–H groups in total. The molecule has 0 aliphatic carbocycles. The van der Waals surface area contributed by atoms with Crippen LogP contribution in [0.15, 0.2) is 24.3 Å². The van der Waals surface area contributed by atoms with Crippen LogP contribution in [0.2, 0.25) is 0 Å². The number of ketones is 1. The molecular weight excluding hydrogens is 234 g/mol. The normalized spacial score (nSPS) is 11.9. The van der Waals surface area contributed by atoms with Crippen molar-refractivity contribution in [3.8, 4) is 0 Å². The Bertz CT molecular complexity index is 512. The van der Waals surface area contributed by atoms with E-state index in [9.17, 15) is 4.79 Å². The number of hydrogen-bond acceptors (Lipinski definition) is 4. The topological polar surface area (TPSA) is 39.2 Å². The summed E-state index contributed by atoms with van der Waals surface area (Å²) in [5.74, 6) is 0.0547. The molecular formula is C13H15NO2S. The predicted octanol–water partition coefficient (Wildman–Crippen LogP) is 2.83. The molecule has 17 heavy (non-hydrogen) atoms. The maximum Gasteiger partial charge on any atom is 0.170 e. The van der Waals surface area contributed by atoms with Gasteiger partial charge in [-0.05, 0) is 26.0 Å². The molecule has 0 spiro atoms. The van der Waals surface area contributed by atoms with Crippen molar-refractivity contribution in [3.05, 3.63) is 29.3 Å². The van der Waals surface area contributed by atoms with Gasteiger partial charge in [0, 0.05) is 7.11 Å². The maximum absolute atomic E-state index is 12.0. The second kappa shape index (κ2) is 4.55. The van der Waals surface area contributed by atoms with Gasteiger partial charge in [-0.25, -0.2) is 4.98 Å². The molecule has 1 aromatic carbocycles. The first kappa shape index (κ1) is 12.2. The second-order valence-electron chi connectivity index (χ2n) is 4.39. The van der Waals surface area contributed by atoms with E-state index in [1.807, 2.05) is 24.3 Å². The van der Waals surface area contributed by atoms with Crippen molar-refractivity contribution in [2.24, 2.45) is 0 Å². The molecule has 0 saturated heterocycles. The number of carbonyl (C=O) groups excluding carboxylic acids is 1. The number of methoxy groups -OCH3 is 1. The van der Waals surface area contributed by atoms with Crippen LogP contribution in [-0.2, 0) is 16.0 Å². The molecule has 0 amide bonds. The van der Waals surface area contributed by atoms with Crippen LogP contribution in [0.1, 0.15) is 18.9 Å². The summed E-state index contributed by atoms with van der Waals surface area (Å²) in [7, 11) is 1.55. The monoisotopic (exact) mass is 249 g/mol. The number of Topliss-reactive ketones (excluding diaryl/α,β-unsaturated/α-hetero) is 1. The SMILES string of the molecule is COC(C)(C)C(=O)Cc1nc2ccccc2s1. The molecule has 0 atom stereocenters. The van der Waals surface area contributed by atoms with Crippen molar-refractivity contribution in [2.75, 3.05) is 7.11 Å². The summed E-state index contributed by atoms with van der Waals surface area (Å²) in [6, 6.07) is 7.90. The van der Waals surface area contributed by atoms with E-state index in [0.717, 1.165) is 15.2 Å². The minimum atomic E-state index is -0.738. The molecule has 0 saturated carbocycles. The summed E-state index contributed by atoms with van der Waals surface area (Å²) in [4.78, 5) is 16.4. The van der Waals surface area contributed by atoms with Gasteiger partial charge in [0.15, 0.2) is 5.78 Å². The van der Waals surface area contributed by atoms with E-state index in [4.69, 9.17) is 4.74 Å². The summed E-state index contributed by atoms with van der Waals surface area (Å²) in [5.41, 5.74) is 0.216. The lowest BCUT2D eigenvalue weighted by atomic mass is 10.0. The highest BCUT2D eigenvalue weighted by Crippen LogP contribution is 2.23. The minimum absolute atomic E-state index is 0.0547. The number of thiazole rings is 1. The molecule has 0 bridgehead atoms. The number of hydrogen-bond donors (Lipinski definition) is 0. The Labute approximate surface area is 104 Å². The Morgan fingerprint density at radius 2 is 2.12 bits per heavy atom. The zero-order valence-corrected chi connectivity index (χ0v) is 11.0. The van der Waals surface area contributed by atoms with E-state index >= 15 is 0 Å². The van der Waals surface area contributed by atoms with Gasteiger partial charge in [0.05, 0.1) is 16.6 Å². The smallest absolute Gasteiger partial charge is 0.170 e. The standard InChI is InChI=1S/C13H15NO2S/c1-13(2,16-3)11(15)8-12-14-9-6-4-5-7-10(9)17-12/h4-7H,8H2,1-3H3. The van der Waals surface area contributed by atoms with Crippen LogP contribution in [0, 0.1) is 0 Å². The molecule has 0 unspecified atom stereocenters. The van der Waals surface area contributed by atoms with Gasteiger partial charge >= 0.3 is 0 Å². The molecule has 3 nitrogen and oxygen atoms in total. The predicted molar refractivity (Wildman–Crippen MR) is 69.4 cm³/mol. The molecule has 0 radical (unpaired) electrons. The van der Waals surface area contributed by atoms with E-state index in [1.54, 1.807) is 32.3 Å². The Hall–Kier alpha value is -1.26. The fourth-order valence-electron chi connectivity index (χ4n) is 1.46. The summed E-state index contributed by atoms with van der Waals surface area (Å²) in [6.45, 7) is 3.56. The van der Waals surface area contributed by atoms with Crippen molar-refractivity contribution in [1.82, 2.24) is 4.98 Å². The first-order chi connectivity index (χ1) is 8.03. The van der Waals surface area contributed by atoms with Crippen LogP contribution in [0.4, 0.5) is 0 Å². The van der Waals surface area contributed by atoms with Crippen molar-refractivity contribution in [2.45, 2.75) is 25.9 Å². The number of para-hydroxylation sites is 1. The molecule has 0 aliphatic heterocycles. The van der Waals surface area contributed by atoms with Crippen molar-refractivity contribution < 1.29 is 9.53 Å². The number of rotatable bonds is 4. The average molecular weight is 249 g/mol. The van der Waals surface area contributed by atoms with Gasteiger partial charge < -0.3 is 4.74 Å². The molecule has 0 fully saturated rings. The fourth-order valence-corrected chi connectivity index (χ4v) is 2.43. The van der Waals surface area contributed by atoms with E-state index < -0.39 is 5.60 Å². The number of fused-ring (bicyclic) bond motifs is 1. The summed E-state index contributed by atoms with van der Waals surface area (Å²) in [6.07, 6.45) is 0.334. The molecule has 1 heterocycles. The van der Waals surface area contributed by atoms with Crippen LogP contribution in [0.3, 0.4) is 0 Å². The van der Waals surface area contributed by atoms with Crippen LogP contribution in [0.25, 0.3) is 10.2 Å². The van der Waals surface area contributed by atoms with Crippen LogP contribution < -0.4 is 0 Å². The van der Waals surface area contributed by atoms with Crippen LogP contribution >= 0.6 is 11.3 Å². The highest BCUT2D eigenvalue weighted by atomic mass is 32.1. The Balaban J connectivity index is 2.22. The van der Waals surface area contributed by atoms with Gasteiger partial charge in [-0.2, -0.15) is 0 Å². The molecule has 90 valence electrons. The quantitative estimate of drug-likeness (QED) is 0.836. The third-order valence-electron chi connectivity index (χ3n) is 2.83. The Morgan fingerprint density at radius 1 is 1.41 bits per heavy atom. The van der Waals surface area contributed by atoms with Crippen molar-refractivity contribution in [3.63, 3.8) is 0 Å². The van der Waals surface area contributed by atoms with Crippen LogP contribution in [-0.4, -0.2) is 23.5 Å². The number of ether oxygens (including phenoxy) is 1. The third-order valence-corrected chi connectivity index (χ3v) is 3.87. The van der Waals surface area contributed by atoms with Gasteiger partial charge in [-0.3, -0.25) is 4.79 Å². The van der Waals surface area contributed by atoms with Gasteiger partial charge in [-0.15, -0.1) is 11.3 Å². The lowest BCUT2D eigenvalue weighted by Gasteiger charge is -2.20. The first-order valence-electron chi connectivity index (χ1n) is 5.46. The van der Waals surface area contributed by atoms with E-state index in [1.165, 1.54) is 0 Å². The van der Waals surface area contributed by atoms with E-state index in [2.05, 4.69) is 4.98 Å². The van der Waals surface area contributed by atoms with Gasteiger partial charge in [0.25, 0.3) is 0 Å². The lowest BCUT2D eigenvalue weighted by molar-refractivity contribution is -0.136. The van der Waals surface area contributed by atoms with Gasteiger partial charge in [0.2, 0.25) is 0 Å². The highest BCUT2D eigenvalue weighted by Gasteiger charge is 2.27. The zero-order chi connectivity index (χ0) is 12.5. The maximum atomic E-state index is 12.0. The van der Waals surface area contributed by atoms with Gasteiger partial charge in [0.1, 0.15) is 10.6 Å². The summed E-state index contributed by atoms with van der Waals surface area (Å²) >= 11 is 1.56. The molecule has 2 rings (SSSR count). The van der Waals surface area contributed by atoms with Crippen molar-refractivity contribution >= 4 is 27.3 Å². The molecule has 1 aromatic heterocycles. The van der Waals surface area contributed by atoms with E-state index in [-0.39, 0.29) is 5.78 Å². The first-order valence-corrected chi connectivity index (χ1v) is 6.27. The number of benzene rings is 1. The van der Waals surface area contributed by atoms with Crippen molar-refractivity contribution in [1.29, 1.82) is 0 Å². The third kappa shape index (κ3) is 2.53. The molecule has 2 aromatic rings. The molecule has 4 heteroatoms. The van der Waals surface area contributed by atoms with Gasteiger partial charge in [-0.1, -0.05) is 12.1 Å². The number of carbonyl (C=O) groups is 1. The Morgan fingerprint density at radius 3 is 2.76 bits per heavy atom. The molecule has 0 aliphatic rings. The number of nitrogens with zero attached hydrogens (tertiary/aromatic N) is 1. The minimum Gasteiger partial charge on any atom is -0.371 e. The largest absolute Gasteiger partial charge is 0.371 e. The zero-order valence-electron chi connectivity index (χ0n) is 10.2. The average Bonchev–Trinajstić information content (AvgIpc) is 2.70. The van der Waals surface area contributed by atoms with Crippen LogP contribution in [0.5, 0.6) is 0 Å². The second-order valence-corrected chi connectivity index (χ2v) is 5.50. The summed E-state index contributed by atoms with van der Waals surface area (Å²) in [5, 5.41) is 0.848. The highest BCUT2D eigenvalue weighted by molar-refractivity contribution is 7.18. The number of aromatic nitrogens is 1. The van der Waals surface area contributed by atoms with E-state index in [0.29, 0.717) is 6.42 Å². The fraction of sp³-hybridized carbons (Fsp3) is 0.385. The summed E-state index contributed by atoms with van der Waals surface area (Å²) < 4.78 is 6.29.